The Hall–Kier alpha value is -4.92. The minimum atomic E-state index is -0.956. The summed E-state index contributed by atoms with van der Waals surface area (Å²) in [5.41, 5.74) is 6.82. The summed E-state index contributed by atoms with van der Waals surface area (Å²) < 4.78 is 6.23. The van der Waals surface area contributed by atoms with Gasteiger partial charge in [0.05, 0.1) is 11.3 Å². The average Bonchev–Trinajstić information content (AvgIpc) is 3.48. The number of carboxylic acid groups (broad SMARTS) is 1. The number of aromatic amines is 1. The third kappa shape index (κ3) is 5.41. The molecule has 0 fully saturated rings. The molecule has 0 bridgehead atoms. The van der Waals surface area contributed by atoms with Crippen molar-refractivity contribution in [3.8, 4) is 28.4 Å². The van der Waals surface area contributed by atoms with Gasteiger partial charge in [0.15, 0.2) is 5.82 Å². The molecule has 38 heavy (non-hydrogen) atoms. The number of carbonyl (C=O) groups is 1. The highest BCUT2D eigenvalue weighted by atomic mass is 16.5. The predicted molar refractivity (Wildman–Crippen MR) is 142 cm³/mol. The molecule has 0 aliphatic heterocycles. The maximum Gasteiger partial charge on any atom is 0.335 e. The van der Waals surface area contributed by atoms with Gasteiger partial charge in [-0.05, 0) is 58.2 Å². The van der Waals surface area contributed by atoms with Gasteiger partial charge in [0.25, 0.3) is 0 Å². The van der Waals surface area contributed by atoms with E-state index in [1.165, 1.54) is 0 Å². The van der Waals surface area contributed by atoms with Crippen LogP contribution in [-0.4, -0.2) is 41.7 Å². The SMILES string of the molecule is CCc1nc(C)nc(OCc2ccc(-c3ccccc3-c3nnn[nH]3)cc2)c1Cc1cccc(C(=O)O)c1. The quantitative estimate of drug-likeness (QED) is 0.284. The molecule has 0 spiro atoms. The second kappa shape index (κ2) is 11.0. The van der Waals surface area contributed by atoms with E-state index in [4.69, 9.17) is 4.74 Å². The maximum absolute atomic E-state index is 11.4. The van der Waals surface area contributed by atoms with E-state index < -0.39 is 5.97 Å². The monoisotopic (exact) mass is 506 g/mol. The molecule has 0 amide bonds. The topological polar surface area (TPSA) is 127 Å². The maximum atomic E-state index is 11.4. The van der Waals surface area contributed by atoms with E-state index in [-0.39, 0.29) is 5.56 Å². The van der Waals surface area contributed by atoms with Gasteiger partial charge < -0.3 is 9.84 Å². The summed E-state index contributed by atoms with van der Waals surface area (Å²) in [4.78, 5) is 20.6. The molecule has 0 atom stereocenters. The van der Waals surface area contributed by atoms with Crippen LogP contribution in [0.25, 0.3) is 22.5 Å². The second-order valence-corrected chi connectivity index (χ2v) is 8.82. The number of H-pyrrole nitrogens is 1. The number of hydrogen-bond acceptors (Lipinski definition) is 7. The van der Waals surface area contributed by atoms with Crippen LogP contribution in [-0.2, 0) is 19.4 Å². The third-order valence-electron chi connectivity index (χ3n) is 6.22. The number of hydrogen-bond donors (Lipinski definition) is 2. The van der Waals surface area contributed by atoms with E-state index in [1.54, 1.807) is 18.2 Å². The summed E-state index contributed by atoms with van der Waals surface area (Å²) in [6, 6.07) is 23.0. The standard InChI is InChI=1S/C29H26N6O3/c1-3-26-25(16-20-7-6-8-22(15-20)29(36)37)28(31-18(2)30-26)38-17-19-11-13-21(14-12-19)23-9-4-5-10-24(23)27-32-34-35-33-27/h4-15H,3,16-17H2,1-2H3,(H,36,37)(H,32,33,34,35). The zero-order chi connectivity index (χ0) is 26.5. The van der Waals surface area contributed by atoms with Gasteiger partial charge in [-0.3, -0.25) is 0 Å². The minimum Gasteiger partial charge on any atom is -0.478 e. The summed E-state index contributed by atoms with van der Waals surface area (Å²) in [6.45, 7) is 4.21. The van der Waals surface area contributed by atoms with Crippen LogP contribution in [0.3, 0.4) is 0 Å². The molecule has 190 valence electrons. The molecule has 0 radical (unpaired) electrons. The first-order chi connectivity index (χ1) is 18.5. The molecule has 5 aromatic rings. The summed E-state index contributed by atoms with van der Waals surface area (Å²) in [5.74, 6) is 0.805. The fourth-order valence-corrected chi connectivity index (χ4v) is 4.38. The lowest BCUT2D eigenvalue weighted by Crippen LogP contribution is -2.09. The lowest BCUT2D eigenvalue weighted by molar-refractivity contribution is 0.0696. The Morgan fingerprint density at radius 3 is 2.45 bits per heavy atom. The number of aromatic nitrogens is 6. The van der Waals surface area contributed by atoms with Crippen LogP contribution in [0, 0.1) is 6.92 Å². The molecule has 0 aliphatic carbocycles. The van der Waals surface area contributed by atoms with Crippen molar-refractivity contribution in [3.63, 3.8) is 0 Å². The number of carboxylic acids is 1. The Labute approximate surface area is 219 Å². The van der Waals surface area contributed by atoms with Crippen LogP contribution in [0.4, 0.5) is 0 Å². The normalized spacial score (nSPS) is 10.9. The van der Waals surface area contributed by atoms with Crippen LogP contribution in [0.15, 0.2) is 72.8 Å². The zero-order valence-electron chi connectivity index (χ0n) is 21.0. The van der Waals surface area contributed by atoms with Gasteiger partial charge in [0.1, 0.15) is 12.4 Å². The van der Waals surface area contributed by atoms with Crippen molar-refractivity contribution in [1.82, 2.24) is 30.6 Å². The summed E-state index contributed by atoms with van der Waals surface area (Å²) in [6.07, 6.45) is 1.19. The van der Waals surface area contributed by atoms with Crippen LogP contribution in [0.5, 0.6) is 5.88 Å². The van der Waals surface area contributed by atoms with E-state index in [0.717, 1.165) is 39.1 Å². The smallest absolute Gasteiger partial charge is 0.335 e. The summed E-state index contributed by atoms with van der Waals surface area (Å²) in [5, 5.41) is 23.6. The molecule has 0 unspecified atom stereocenters. The first-order valence-electron chi connectivity index (χ1n) is 12.3. The van der Waals surface area contributed by atoms with Gasteiger partial charge in [-0.25, -0.2) is 14.9 Å². The molecule has 2 N–H and O–H groups in total. The van der Waals surface area contributed by atoms with Crippen molar-refractivity contribution in [3.05, 3.63) is 107 Å². The van der Waals surface area contributed by atoms with Gasteiger partial charge in [0, 0.05) is 17.5 Å². The average molecular weight is 507 g/mol. The second-order valence-electron chi connectivity index (χ2n) is 8.82. The molecule has 2 aromatic heterocycles. The number of nitrogens with one attached hydrogen (secondary N) is 1. The number of rotatable bonds is 9. The van der Waals surface area contributed by atoms with Crippen LogP contribution < -0.4 is 4.74 Å². The molecule has 3 aromatic carbocycles. The van der Waals surface area contributed by atoms with Gasteiger partial charge in [-0.1, -0.05) is 67.6 Å². The number of aryl methyl sites for hydroxylation is 2. The minimum absolute atomic E-state index is 0.247. The number of nitrogens with zero attached hydrogens (tertiary/aromatic N) is 5. The molecule has 5 rings (SSSR count). The van der Waals surface area contributed by atoms with E-state index >= 15 is 0 Å². The van der Waals surface area contributed by atoms with E-state index in [2.05, 4.69) is 30.6 Å². The number of benzene rings is 3. The Kier molecular flexibility index (Phi) is 7.17. The fourth-order valence-electron chi connectivity index (χ4n) is 4.38. The van der Waals surface area contributed by atoms with Crippen molar-refractivity contribution in [2.24, 2.45) is 0 Å². The van der Waals surface area contributed by atoms with E-state index in [0.29, 0.717) is 37.0 Å². The fraction of sp³-hybridized carbons (Fsp3) is 0.172. The number of tetrazole rings is 1. The lowest BCUT2D eigenvalue weighted by atomic mass is 9.98. The van der Waals surface area contributed by atoms with E-state index in [9.17, 15) is 9.90 Å². The van der Waals surface area contributed by atoms with Crippen LogP contribution in [0.1, 0.15) is 45.5 Å². The highest BCUT2D eigenvalue weighted by molar-refractivity contribution is 5.87. The van der Waals surface area contributed by atoms with Gasteiger partial charge in [0.2, 0.25) is 5.88 Å². The van der Waals surface area contributed by atoms with Crippen molar-refractivity contribution in [1.29, 1.82) is 0 Å². The zero-order valence-corrected chi connectivity index (χ0v) is 21.0. The molecule has 0 aliphatic rings. The Balaban J connectivity index is 1.38. The largest absolute Gasteiger partial charge is 0.478 e. The van der Waals surface area contributed by atoms with Crippen molar-refractivity contribution >= 4 is 5.97 Å². The molecular formula is C29H26N6O3. The van der Waals surface area contributed by atoms with Crippen LogP contribution >= 0.6 is 0 Å². The van der Waals surface area contributed by atoms with Gasteiger partial charge in [-0.15, -0.1) is 5.10 Å². The highest BCUT2D eigenvalue weighted by Gasteiger charge is 2.16. The Morgan fingerprint density at radius 2 is 1.74 bits per heavy atom. The Bertz CT molecular complexity index is 1570. The number of ether oxygens (including phenoxy) is 1. The highest BCUT2D eigenvalue weighted by Crippen LogP contribution is 2.30. The summed E-state index contributed by atoms with van der Waals surface area (Å²) >= 11 is 0. The van der Waals surface area contributed by atoms with Gasteiger partial charge >= 0.3 is 5.97 Å². The first-order valence-corrected chi connectivity index (χ1v) is 12.3. The number of aromatic carboxylic acids is 1. The third-order valence-corrected chi connectivity index (χ3v) is 6.22. The first kappa shape index (κ1) is 24.8. The Morgan fingerprint density at radius 1 is 0.947 bits per heavy atom. The lowest BCUT2D eigenvalue weighted by Gasteiger charge is -2.15. The van der Waals surface area contributed by atoms with Crippen molar-refractivity contribution in [2.75, 3.05) is 0 Å². The molecule has 9 nitrogen and oxygen atoms in total. The molecule has 9 heteroatoms. The molecule has 2 heterocycles. The van der Waals surface area contributed by atoms with Crippen LogP contribution in [0.2, 0.25) is 0 Å². The van der Waals surface area contributed by atoms with Crippen molar-refractivity contribution in [2.45, 2.75) is 33.3 Å². The predicted octanol–water partition coefficient (Wildman–Crippen LogP) is 5.06. The van der Waals surface area contributed by atoms with Gasteiger partial charge in [-0.2, -0.15) is 4.98 Å². The molecule has 0 saturated carbocycles. The summed E-state index contributed by atoms with van der Waals surface area (Å²) in [7, 11) is 0. The van der Waals surface area contributed by atoms with E-state index in [1.807, 2.05) is 68.4 Å². The molecular weight excluding hydrogens is 480 g/mol. The molecule has 0 saturated heterocycles. The van der Waals surface area contributed by atoms with Crippen molar-refractivity contribution < 1.29 is 14.6 Å².